The van der Waals surface area contributed by atoms with Gasteiger partial charge < -0.3 is 15.2 Å². The van der Waals surface area contributed by atoms with Crippen molar-refractivity contribution in [2.45, 2.75) is 19.3 Å². The first kappa shape index (κ1) is 13.8. The van der Waals surface area contributed by atoms with Gasteiger partial charge in [-0.05, 0) is 30.7 Å². The molecule has 0 heterocycles. The summed E-state index contributed by atoms with van der Waals surface area (Å²) in [5, 5.41) is 8.30. The standard InChI is InChI=1S/C13H16N2O3/c14-8-1-2-9-18-13(16)7-10-17-12-5-3-11(15)4-6-12/h3-6H,1-2,7,9-10,15H2. The van der Waals surface area contributed by atoms with Crippen LogP contribution >= 0.6 is 0 Å². The van der Waals surface area contributed by atoms with Crippen molar-refractivity contribution in [2.75, 3.05) is 18.9 Å². The lowest BCUT2D eigenvalue weighted by Gasteiger charge is -2.06. The molecule has 0 aliphatic heterocycles. The third-order valence-electron chi connectivity index (χ3n) is 2.15. The second-order valence-electron chi connectivity index (χ2n) is 3.65. The number of nitriles is 1. The van der Waals surface area contributed by atoms with Gasteiger partial charge in [-0.2, -0.15) is 5.26 Å². The van der Waals surface area contributed by atoms with Gasteiger partial charge in [-0.3, -0.25) is 4.79 Å². The quantitative estimate of drug-likeness (QED) is 0.452. The normalized spacial score (nSPS) is 9.50. The molecule has 0 atom stereocenters. The predicted molar refractivity (Wildman–Crippen MR) is 66.8 cm³/mol. The van der Waals surface area contributed by atoms with E-state index >= 15 is 0 Å². The summed E-state index contributed by atoms with van der Waals surface area (Å²) < 4.78 is 10.3. The molecule has 0 saturated carbocycles. The lowest BCUT2D eigenvalue weighted by atomic mass is 10.3. The highest BCUT2D eigenvalue weighted by atomic mass is 16.5. The Morgan fingerprint density at radius 1 is 1.28 bits per heavy atom. The highest BCUT2D eigenvalue weighted by molar-refractivity contribution is 5.69. The molecule has 0 saturated heterocycles. The van der Waals surface area contributed by atoms with Crippen LogP contribution in [0.4, 0.5) is 5.69 Å². The summed E-state index contributed by atoms with van der Waals surface area (Å²) in [6.45, 7) is 0.551. The van der Waals surface area contributed by atoms with Crippen LogP contribution in [0.2, 0.25) is 0 Å². The lowest BCUT2D eigenvalue weighted by Crippen LogP contribution is -2.10. The molecule has 96 valence electrons. The third kappa shape index (κ3) is 5.75. The Bertz CT molecular complexity index is 409. The van der Waals surface area contributed by atoms with E-state index < -0.39 is 0 Å². The maximum Gasteiger partial charge on any atom is 0.309 e. The van der Waals surface area contributed by atoms with Crippen molar-refractivity contribution in [1.82, 2.24) is 0 Å². The van der Waals surface area contributed by atoms with Crippen molar-refractivity contribution in [2.24, 2.45) is 0 Å². The zero-order valence-electron chi connectivity index (χ0n) is 10.1. The molecule has 1 aromatic carbocycles. The minimum atomic E-state index is -0.316. The van der Waals surface area contributed by atoms with Crippen LogP contribution in [0, 0.1) is 11.3 Å². The van der Waals surface area contributed by atoms with Crippen LogP contribution in [0.25, 0.3) is 0 Å². The van der Waals surface area contributed by atoms with Gasteiger partial charge in [0, 0.05) is 12.1 Å². The van der Waals surface area contributed by atoms with E-state index in [-0.39, 0.29) is 25.6 Å². The Hall–Kier alpha value is -2.22. The summed E-state index contributed by atoms with van der Waals surface area (Å²) in [4.78, 5) is 11.2. The Kier molecular flexibility index (Phi) is 6.12. The van der Waals surface area contributed by atoms with Gasteiger partial charge in [-0.25, -0.2) is 0 Å². The van der Waals surface area contributed by atoms with E-state index in [9.17, 15) is 4.79 Å². The molecule has 0 aliphatic carbocycles. The molecule has 2 N–H and O–H groups in total. The fraction of sp³-hybridized carbons (Fsp3) is 0.385. The number of carbonyl (C=O) groups is 1. The molecule has 1 rings (SSSR count). The van der Waals surface area contributed by atoms with Crippen molar-refractivity contribution in [1.29, 1.82) is 5.26 Å². The van der Waals surface area contributed by atoms with E-state index in [0.29, 0.717) is 24.3 Å². The van der Waals surface area contributed by atoms with Crippen LogP contribution in [-0.2, 0) is 9.53 Å². The average molecular weight is 248 g/mol. The van der Waals surface area contributed by atoms with Crippen molar-refractivity contribution < 1.29 is 14.3 Å². The number of unbranched alkanes of at least 4 members (excludes halogenated alkanes) is 1. The first-order valence-electron chi connectivity index (χ1n) is 5.73. The van der Waals surface area contributed by atoms with Crippen molar-refractivity contribution >= 4 is 11.7 Å². The fourth-order valence-electron chi connectivity index (χ4n) is 1.23. The summed E-state index contributed by atoms with van der Waals surface area (Å²) >= 11 is 0. The highest BCUT2D eigenvalue weighted by Crippen LogP contribution is 2.13. The maximum absolute atomic E-state index is 11.2. The number of anilines is 1. The van der Waals surface area contributed by atoms with Gasteiger partial charge in [0.25, 0.3) is 0 Å². The first-order chi connectivity index (χ1) is 8.72. The van der Waals surface area contributed by atoms with Gasteiger partial charge in [0.1, 0.15) is 5.75 Å². The number of esters is 1. The number of hydrogen-bond acceptors (Lipinski definition) is 5. The molecule has 0 aliphatic rings. The number of nitrogen functional groups attached to an aromatic ring is 1. The van der Waals surface area contributed by atoms with E-state index in [4.69, 9.17) is 20.5 Å². The smallest absolute Gasteiger partial charge is 0.309 e. The largest absolute Gasteiger partial charge is 0.493 e. The minimum absolute atomic E-state index is 0.191. The van der Waals surface area contributed by atoms with E-state index in [1.54, 1.807) is 24.3 Å². The number of rotatable bonds is 7. The molecule has 0 fully saturated rings. The summed E-state index contributed by atoms with van der Waals surface area (Å²) in [7, 11) is 0. The first-order valence-corrected chi connectivity index (χ1v) is 5.73. The predicted octanol–water partition coefficient (Wildman–Crippen LogP) is 1.88. The zero-order chi connectivity index (χ0) is 13.2. The molecule has 1 aromatic rings. The molecule has 18 heavy (non-hydrogen) atoms. The van der Waals surface area contributed by atoms with Crippen LogP contribution in [0.5, 0.6) is 5.75 Å². The summed E-state index contributed by atoms with van der Waals surface area (Å²) in [5.41, 5.74) is 6.20. The van der Waals surface area contributed by atoms with Crippen LogP contribution in [0.15, 0.2) is 24.3 Å². The van der Waals surface area contributed by atoms with Crippen molar-refractivity contribution in [3.05, 3.63) is 24.3 Å². The number of benzene rings is 1. The summed E-state index contributed by atoms with van der Waals surface area (Å²) in [5.74, 6) is 0.352. The van der Waals surface area contributed by atoms with Crippen LogP contribution in [0.3, 0.4) is 0 Å². The summed E-state index contributed by atoms with van der Waals surface area (Å²) in [6, 6.07) is 8.94. The molecular weight excluding hydrogens is 232 g/mol. The molecule has 0 bridgehead atoms. The average Bonchev–Trinajstić information content (AvgIpc) is 2.37. The zero-order valence-corrected chi connectivity index (χ0v) is 10.1. The second kappa shape index (κ2) is 7.96. The lowest BCUT2D eigenvalue weighted by molar-refractivity contribution is -0.144. The Morgan fingerprint density at radius 3 is 2.67 bits per heavy atom. The van der Waals surface area contributed by atoms with Crippen molar-refractivity contribution in [3.8, 4) is 11.8 Å². The third-order valence-corrected chi connectivity index (χ3v) is 2.15. The van der Waals surface area contributed by atoms with Crippen molar-refractivity contribution in [3.63, 3.8) is 0 Å². The number of carbonyl (C=O) groups excluding carboxylic acids is 1. The molecule has 0 unspecified atom stereocenters. The topological polar surface area (TPSA) is 85.3 Å². The molecular formula is C13H16N2O3. The number of nitrogens with two attached hydrogens (primary N) is 1. The Morgan fingerprint density at radius 2 is 2.00 bits per heavy atom. The number of nitrogens with zero attached hydrogens (tertiary/aromatic N) is 1. The van der Waals surface area contributed by atoms with Crippen LogP contribution in [0.1, 0.15) is 19.3 Å². The van der Waals surface area contributed by atoms with E-state index in [2.05, 4.69) is 0 Å². The minimum Gasteiger partial charge on any atom is -0.493 e. The van der Waals surface area contributed by atoms with Gasteiger partial charge in [0.15, 0.2) is 0 Å². The number of hydrogen-bond donors (Lipinski definition) is 1. The Balaban J connectivity index is 2.12. The number of ether oxygens (including phenoxy) is 2. The van der Waals surface area contributed by atoms with Gasteiger partial charge in [0.2, 0.25) is 0 Å². The monoisotopic (exact) mass is 248 g/mol. The van der Waals surface area contributed by atoms with E-state index in [0.717, 1.165) is 0 Å². The molecule has 5 nitrogen and oxygen atoms in total. The molecule has 0 spiro atoms. The van der Waals surface area contributed by atoms with Crippen LogP contribution < -0.4 is 10.5 Å². The van der Waals surface area contributed by atoms with E-state index in [1.807, 2.05) is 6.07 Å². The molecule has 0 aromatic heterocycles. The molecule has 0 amide bonds. The van der Waals surface area contributed by atoms with E-state index in [1.165, 1.54) is 0 Å². The van der Waals surface area contributed by atoms with Crippen LogP contribution in [-0.4, -0.2) is 19.2 Å². The second-order valence-corrected chi connectivity index (χ2v) is 3.65. The Labute approximate surface area is 106 Å². The van der Waals surface area contributed by atoms with Gasteiger partial charge in [0.05, 0.1) is 25.7 Å². The van der Waals surface area contributed by atoms with Gasteiger partial charge >= 0.3 is 5.97 Å². The SMILES string of the molecule is N#CCCCOC(=O)CCOc1ccc(N)cc1. The van der Waals surface area contributed by atoms with Gasteiger partial charge in [-0.15, -0.1) is 0 Å². The fourth-order valence-corrected chi connectivity index (χ4v) is 1.23. The van der Waals surface area contributed by atoms with Gasteiger partial charge in [-0.1, -0.05) is 0 Å². The maximum atomic E-state index is 11.2. The molecule has 5 heteroatoms. The highest BCUT2D eigenvalue weighted by Gasteiger charge is 2.03. The molecule has 0 radical (unpaired) electrons. The summed E-state index contributed by atoms with van der Waals surface area (Å²) in [6.07, 6.45) is 1.16.